The zero-order chi connectivity index (χ0) is 21.8. The smallest absolute Gasteiger partial charge is 0.375 e. The maximum absolute atomic E-state index is 13.8. The maximum Gasteiger partial charge on any atom is 0.375 e. The summed E-state index contributed by atoms with van der Waals surface area (Å²) >= 11 is 0. The van der Waals surface area contributed by atoms with Gasteiger partial charge in [-0.25, -0.2) is 9.18 Å². The van der Waals surface area contributed by atoms with Crippen molar-refractivity contribution in [3.63, 3.8) is 0 Å². The van der Waals surface area contributed by atoms with Crippen LogP contribution in [-0.2, 0) is 14.3 Å². The Kier molecular flexibility index (Phi) is 6.15. The first kappa shape index (κ1) is 21.0. The number of carbonyl (C=O) groups is 3. The summed E-state index contributed by atoms with van der Waals surface area (Å²) in [5, 5.41) is 5.57. The number of halogens is 1. The summed E-state index contributed by atoms with van der Waals surface area (Å²) in [6, 6.07) is 9.97. The number of hydrogen-bond acceptors (Lipinski definition) is 5. The minimum Gasteiger partial charge on any atom is -0.450 e. The molecule has 0 atom stereocenters. The lowest BCUT2D eigenvalue weighted by atomic mass is 10.1. The molecule has 2 N–H and O–H groups in total. The molecule has 0 saturated heterocycles. The second-order valence-corrected chi connectivity index (χ2v) is 6.84. The van der Waals surface area contributed by atoms with Crippen molar-refractivity contribution in [2.75, 3.05) is 18.5 Å². The first-order chi connectivity index (χ1) is 14.3. The monoisotopic (exact) mass is 412 g/mol. The number of fused-ring (bicyclic) bond motifs is 1. The Morgan fingerprint density at radius 3 is 2.33 bits per heavy atom. The molecule has 2 aromatic carbocycles. The van der Waals surface area contributed by atoms with Crippen LogP contribution in [-0.4, -0.2) is 30.9 Å². The molecule has 7 nitrogen and oxygen atoms in total. The van der Waals surface area contributed by atoms with Crippen LogP contribution < -0.4 is 10.6 Å². The van der Waals surface area contributed by atoms with E-state index in [1.807, 2.05) is 32.0 Å². The van der Waals surface area contributed by atoms with E-state index in [-0.39, 0.29) is 17.9 Å². The van der Waals surface area contributed by atoms with Gasteiger partial charge in [-0.05, 0) is 38.0 Å². The van der Waals surface area contributed by atoms with Crippen molar-refractivity contribution in [1.82, 2.24) is 5.32 Å². The summed E-state index contributed by atoms with van der Waals surface area (Å²) in [4.78, 5) is 36.2. The van der Waals surface area contributed by atoms with E-state index in [4.69, 9.17) is 9.15 Å². The van der Waals surface area contributed by atoms with Gasteiger partial charge >= 0.3 is 5.97 Å². The zero-order valence-corrected chi connectivity index (χ0v) is 16.8. The zero-order valence-electron chi connectivity index (χ0n) is 16.8. The lowest BCUT2D eigenvalue weighted by Crippen LogP contribution is -2.35. The third kappa shape index (κ3) is 4.48. The largest absolute Gasteiger partial charge is 0.450 e. The molecule has 0 radical (unpaired) electrons. The molecular formula is C22H21FN2O5. The van der Waals surface area contributed by atoms with Gasteiger partial charge in [-0.15, -0.1) is 0 Å². The predicted molar refractivity (Wildman–Crippen MR) is 109 cm³/mol. The molecular weight excluding hydrogens is 391 g/mol. The van der Waals surface area contributed by atoms with Gasteiger partial charge < -0.3 is 19.8 Å². The van der Waals surface area contributed by atoms with Gasteiger partial charge in [0.2, 0.25) is 11.7 Å². The van der Waals surface area contributed by atoms with Gasteiger partial charge in [0.1, 0.15) is 0 Å². The average molecular weight is 412 g/mol. The Morgan fingerprint density at radius 2 is 1.67 bits per heavy atom. The summed E-state index contributed by atoms with van der Waals surface area (Å²) in [5.41, 5.74) is 2.87. The van der Waals surface area contributed by atoms with Crippen molar-refractivity contribution in [2.45, 2.75) is 20.8 Å². The lowest BCUT2D eigenvalue weighted by molar-refractivity contribution is -0.126. The molecule has 0 bridgehead atoms. The van der Waals surface area contributed by atoms with Crippen LogP contribution in [0.15, 0.2) is 40.8 Å². The van der Waals surface area contributed by atoms with Crippen molar-refractivity contribution in [3.8, 4) is 0 Å². The molecule has 8 heteroatoms. The van der Waals surface area contributed by atoms with E-state index < -0.39 is 30.2 Å². The number of amides is 2. The molecule has 0 fully saturated rings. The van der Waals surface area contributed by atoms with Gasteiger partial charge in [0, 0.05) is 16.6 Å². The van der Waals surface area contributed by atoms with E-state index in [0.29, 0.717) is 16.6 Å². The van der Waals surface area contributed by atoms with E-state index >= 15 is 0 Å². The number of carbonyl (C=O) groups excluding carboxylic acids is 3. The SMILES string of the molecule is Cc1cccc(C)c1NC(=O)CNC(=O)COC(=O)c1oc2c(F)cccc2c1C. The van der Waals surface area contributed by atoms with Gasteiger partial charge in [0.15, 0.2) is 18.0 Å². The number of benzene rings is 2. The highest BCUT2D eigenvalue weighted by Gasteiger charge is 2.21. The Bertz CT molecular complexity index is 1120. The fourth-order valence-corrected chi connectivity index (χ4v) is 3.03. The summed E-state index contributed by atoms with van der Waals surface area (Å²) in [7, 11) is 0. The van der Waals surface area contributed by atoms with Crippen molar-refractivity contribution in [2.24, 2.45) is 0 Å². The van der Waals surface area contributed by atoms with Crippen LogP contribution in [0, 0.1) is 26.6 Å². The Labute approximate surface area is 172 Å². The summed E-state index contributed by atoms with van der Waals surface area (Å²) in [5.74, 6) is -2.72. The molecule has 1 heterocycles. The molecule has 0 aliphatic heterocycles. The number of anilines is 1. The van der Waals surface area contributed by atoms with Crippen molar-refractivity contribution in [3.05, 3.63) is 64.7 Å². The van der Waals surface area contributed by atoms with Crippen molar-refractivity contribution in [1.29, 1.82) is 0 Å². The van der Waals surface area contributed by atoms with E-state index in [1.165, 1.54) is 12.1 Å². The number of rotatable bonds is 6. The topological polar surface area (TPSA) is 97.6 Å². The van der Waals surface area contributed by atoms with E-state index in [2.05, 4.69) is 10.6 Å². The van der Waals surface area contributed by atoms with Gasteiger partial charge in [0.05, 0.1) is 6.54 Å². The summed E-state index contributed by atoms with van der Waals surface area (Å²) < 4.78 is 24.0. The van der Waals surface area contributed by atoms with Gasteiger partial charge in [-0.1, -0.05) is 30.3 Å². The number of furan rings is 1. The quantitative estimate of drug-likeness (QED) is 0.605. The molecule has 2 amide bonds. The first-order valence-electron chi connectivity index (χ1n) is 9.25. The first-order valence-corrected chi connectivity index (χ1v) is 9.25. The summed E-state index contributed by atoms with van der Waals surface area (Å²) in [6.07, 6.45) is 0. The molecule has 156 valence electrons. The predicted octanol–water partition coefficient (Wildman–Crippen LogP) is 3.41. The molecule has 30 heavy (non-hydrogen) atoms. The average Bonchev–Trinajstić information content (AvgIpc) is 3.05. The molecule has 0 aliphatic carbocycles. The highest BCUT2D eigenvalue weighted by atomic mass is 19.1. The van der Waals surface area contributed by atoms with Crippen LogP contribution in [0.25, 0.3) is 11.0 Å². The minimum absolute atomic E-state index is 0.0467. The molecule has 0 aliphatic rings. The molecule has 1 aromatic heterocycles. The van der Waals surface area contributed by atoms with Gasteiger partial charge in [-0.2, -0.15) is 0 Å². The molecule has 3 aromatic rings. The molecule has 0 saturated carbocycles. The highest BCUT2D eigenvalue weighted by Crippen LogP contribution is 2.27. The summed E-state index contributed by atoms with van der Waals surface area (Å²) in [6.45, 7) is 4.45. The van der Waals surface area contributed by atoms with Crippen LogP contribution in [0.1, 0.15) is 27.2 Å². The molecule has 0 spiro atoms. The number of ether oxygens (including phenoxy) is 1. The fraction of sp³-hybridized carbons (Fsp3) is 0.227. The second-order valence-electron chi connectivity index (χ2n) is 6.84. The minimum atomic E-state index is -0.891. The van der Waals surface area contributed by atoms with Crippen molar-refractivity contribution < 1.29 is 27.9 Å². The number of hydrogen-bond donors (Lipinski definition) is 2. The van der Waals surface area contributed by atoms with Gasteiger partial charge in [0.25, 0.3) is 5.91 Å². The van der Waals surface area contributed by atoms with E-state index in [9.17, 15) is 18.8 Å². The Morgan fingerprint density at radius 1 is 1.00 bits per heavy atom. The second kappa shape index (κ2) is 8.77. The highest BCUT2D eigenvalue weighted by molar-refractivity contribution is 5.98. The lowest BCUT2D eigenvalue weighted by Gasteiger charge is -2.12. The number of para-hydroxylation sites is 2. The third-order valence-electron chi connectivity index (χ3n) is 4.63. The third-order valence-corrected chi connectivity index (χ3v) is 4.63. The van der Waals surface area contributed by atoms with Crippen LogP contribution in [0.4, 0.5) is 10.1 Å². The van der Waals surface area contributed by atoms with Crippen LogP contribution in [0.2, 0.25) is 0 Å². The Balaban J connectivity index is 1.52. The molecule has 3 rings (SSSR count). The standard InChI is InChI=1S/C22H21FN2O5/c1-12-6-4-7-13(2)19(12)25-17(26)10-24-18(27)11-29-22(28)20-14(3)15-8-5-9-16(23)21(15)30-20/h4-9H,10-11H2,1-3H3,(H,24,27)(H,25,26). The van der Waals surface area contributed by atoms with Crippen LogP contribution in [0.5, 0.6) is 0 Å². The van der Waals surface area contributed by atoms with Crippen molar-refractivity contribution >= 4 is 34.4 Å². The maximum atomic E-state index is 13.8. The number of nitrogens with one attached hydrogen (secondary N) is 2. The van der Waals surface area contributed by atoms with Gasteiger partial charge in [-0.3, -0.25) is 9.59 Å². The molecule has 0 unspecified atom stereocenters. The van der Waals surface area contributed by atoms with E-state index in [0.717, 1.165) is 11.1 Å². The Hall–Kier alpha value is -3.68. The van der Waals surface area contributed by atoms with Crippen LogP contribution >= 0.6 is 0 Å². The fourth-order valence-electron chi connectivity index (χ4n) is 3.03. The number of aryl methyl sites for hydroxylation is 3. The normalized spacial score (nSPS) is 10.7. The number of esters is 1. The van der Waals surface area contributed by atoms with Crippen LogP contribution in [0.3, 0.4) is 0 Å². The van der Waals surface area contributed by atoms with E-state index in [1.54, 1.807) is 13.0 Å².